The van der Waals surface area contributed by atoms with Crippen molar-refractivity contribution >= 4 is 55.5 Å². The van der Waals surface area contributed by atoms with Gasteiger partial charge in [-0.2, -0.15) is 0 Å². The van der Waals surface area contributed by atoms with E-state index >= 15 is 0 Å². The summed E-state index contributed by atoms with van der Waals surface area (Å²) in [5.74, 6) is 0.985. The molecule has 2 N–H and O–H groups in total. The van der Waals surface area contributed by atoms with E-state index in [1.165, 1.54) is 9.09 Å². The van der Waals surface area contributed by atoms with Gasteiger partial charge in [-0.15, -0.1) is 23.1 Å². The fourth-order valence-corrected chi connectivity index (χ4v) is 4.63. The first-order valence-corrected chi connectivity index (χ1v) is 7.71. The molecule has 2 heterocycles. The molecule has 15 heavy (non-hydrogen) atoms. The van der Waals surface area contributed by atoms with Crippen molar-refractivity contribution in [3.63, 3.8) is 0 Å². The fourth-order valence-electron chi connectivity index (χ4n) is 1.10. The lowest BCUT2D eigenvalue weighted by molar-refractivity contribution is 1.21. The predicted molar refractivity (Wildman–Crippen MR) is 72.8 cm³/mol. The molecule has 0 aliphatic rings. The number of halogens is 1. The Morgan fingerprint density at radius 3 is 2.93 bits per heavy atom. The zero-order valence-corrected chi connectivity index (χ0v) is 12.0. The van der Waals surface area contributed by atoms with Gasteiger partial charge in [0.05, 0.1) is 9.90 Å². The topological polar surface area (TPSA) is 38.9 Å². The molecule has 2 nitrogen and oxygen atoms in total. The van der Waals surface area contributed by atoms with E-state index < -0.39 is 0 Å². The minimum absolute atomic E-state index is 0.655. The number of thiophene rings is 1. The maximum Gasteiger partial charge on any atom is 0.181 e. The summed E-state index contributed by atoms with van der Waals surface area (Å²) in [6.45, 7) is 2.00. The molecule has 2 rings (SSSR count). The van der Waals surface area contributed by atoms with E-state index in [9.17, 15) is 0 Å². The zero-order chi connectivity index (χ0) is 10.8. The lowest BCUT2D eigenvalue weighted by Gasteiger charge is -1.95. The van der Waals surface area contributed by atoms with Gasteiger partial charge < -0.3 is 5.73 Å². The van der Waals surface area contributed by atoms with Crippen LogP contribution in [-0.2, 0) is 5.75 Å². The standard InChI is InChI=1S/C9H9BrN2S3/c1-5-8(15-9(11)12-5)14-4-7-2-6(10)3-13-7/h2-3H,4H2,1H3,(H2,11,12). The first kappa shape index (κ1) is 11.4. The summed E-state index contributed by atoms with van der Waals surface area (Å²) < 4.78 is 2.38. The molecule has 6 heteroatoms. The number of aryl methyl sites for hydroxylation is 1. The highest BCUT2D eigenvalue weighted by Gasteiger charge is 2.06. The predicted octanol–water partition coefficient (Wildman–Crippen LogP) is 4.15. The van der Waals surface area contributed by atoms with Crippen molar-refractivity contribution in [3.8, 4) is 0 Å². The van der Waals surface area contributed by atoms with Crippen LogP contribution in [0.3, 0.4) is 0 Å². The van der Waals surface area contributed by atoms with Crippen molar-refractivity contribution in [2.75, 3.05) is 5.73 Å². The molecule has 0 amide bonds. The molecular weight excluding hydrogens is 312 g/mol. The molecule has 0 radical (unpaired) electrons. The number of nitrogen functional groups attached to an aromatic ring is 1. The van der Waals surface area contributed by atoms with Crippen LogP contribution < -0.4 is 5.73 Å². The summed E-state index contributed by atoms with van der Waals surface area (Å²) in [4.78, 5) is 5.56. The van der Waals surface area contributed by atoms with Crippen LogP contribution in [0.25, 0.3) is 0 Å². The third-order valence-electron chi connectivity index (χ3n) is 1.74. The van der Waals surface area contributed by atoms with E-state index in [1.54, 1.807) is 34.4 Å². The first-order chi connectivity index (χ1) is 7.15. The van der Waals surface area contributed by atoms with Crippen molar-refractivity contribution in [1.29, 1.82) is 0 Å². The summed E-state index contributed by atoms with van der Waals surface area (Å²) >= 11 is 8.58. The highest BCUT2D eigenvalue weighted by atomic mass is 79.9. The van der Waals surface area contributed by atoms with Crippen LogP contribution in [0.1, 0.15) is 10.6 Å². The number of rotatable bonds is 3. The molecule has 0 aromatic carbocycles. The van der Waals surface area contributed by atoms with Gasteiger partial charge in [-0.05, 0) is 28.9 Å². The van der Waals surface area contributed by atoms with Crippen molar-refractivity contribution in [1.82, 2.24) is 4.98 Å². The number of anilines is 1. The third kappa shape index (κ3) is 2.96. The van der Waals surface area contributed by atoms with E-state index in [-0.39, 0.29) is 0 Å². The van der Waals surface area contributed by atoms with E-state index in [1.807, 2.05) is 6.92 Å². The molecule has 0 atom stereocenters. The lowest BCUT2D eigenvalue weighted by atomic mass is 10.5. The summed E-state index contributed by atoms with van der Waals surface area (Å²) in [7, 11) is 0. The van der Waals surface area contributed by atoms with Crippen LogP contribution >= 0.6 is 50.4 Å². The first-order valence-electron chi connectivity index (χ1n) is 4.24. The van der Waals surface area contributed by atoms with Crippen LogP contribution in [0.2, 0.25) is 0 Å². The second-order valence-electron chi connectivity index (χ2n) is 2.94. The Bertz CT molecular complexity index is 464. The Morgan fingerprint density at radius 1 is 1.60 bits per heavy atom. The number of aromatic nitrogens is 1. The van der Waals surface area contributed by atoms with Crippen LogP contribution in [-0.4, -0.2) is 4.98 Å². The van der Waals surface area contributed by atoms with E-state index in [2.05, 4.69) is 32.4 Å². The Hall–Kier alpha value is -0.0400. The Labute approximate surface area is 109 Å². The number of hydrogen-bond acceptors (Lipinski definition) is 5. The second kappa shape index (κ2) is 4.86. The number of nitrogens with zero attached hydrogens (tertiary/aromatic N) is 1. The van der Waals surface area contributed by atoms with Crippen molar-refractivity contribution in [3.05, 3.63) is 26.5 Å². The highest BCUT2D eigenvalue weighted by Crippen LogP contribution is 2.34. The van der Waals surface area contributed by atoms with Gasteiger partial charge in [0.25, 0.3) is 0 Å². The molecule has 0 aliphatic heterocycles. The monoisotopic (exact) mass is 320 g/mol. The highest BCUT2D eigenvalue weighted by molar-refractivity contribution is 9.10. The average Bonchev–Trinajstić information content (AvgIpc) is 2.70. The number of thiazole rings is 1. The molecular formula is C9H9BrN2S3. The van der Waals surface area contributed by atoms with Gasteiger partial charge in [0, 0.05) is 20.5 Å². The van der Waals surface area contributed by atoms with Gasteiger partial charge in [0.15, 0.2) is 5.13 Å². The second-order valence-corrected chi connectivity index (χ2v) is 7.13. The van der Waals surface area contributed by atoms with Crippen molar-refractivity contribution in [2.24, 2.45) is 0 Å². The molecule has 0 saturated carbocycles. The smallest absolute Gasteiger partial charge is 0.181 e. The minimum atomic E-state index is 0.655. The summed E-state index contributed by atoms with van der Waals surface area (Å²) in [6.07, 6.45) is 0. The summed E-state index contributed by atoms with van der Waals surface area (Å²) in [5.41, 5.74) is 6.68. The lowest BCUT2D eigenvalue weighted by Crippen LogP contribution is -1.80. The van der Waals surface area contributed by atoms with Crippen molar-refractivity contribution < 1.29 is 0 Å². The summed E-state index contributed by atoms with van der Waals surface area (Å²) in [6, 6.07) is 2.15. The number of nitrogens with two attached hydrogens (primary N) is 1. The average molecular weight is 321 g/mol. The normalized spacial score (nSPS) is 10.8. The number of thioether (sulfide) groups is 1. The van der Waals surface area contributed by atoms with Gasteiger partial charge in [-0.3, -0.25) is 0 Å². The fraction of sp³-hybridized carbons (Fsp3) is 0.222. The largest absolute Gasteiger partial charge is 0.375 e. The molecule has 0 bridgehead atoms. The molecule has 80 valence electrons. The van der Waals surface area contributed by atoms with Crippen LogP contribution in [0.5, 0.6) is 0 Å². The van der Waals surface area contributed by atoms with Gasteiger partial charge in [-0.25, -0.2) is 4.98 Å². The molecule has 0 unspecified atom stereocenters. The zero-order valence-electron chi connectivity index (χ0n) is 7.99. The van der Waals surface area contributed by atoms with Gasteiger partial charge in [0.1, 0.15) is 0 Å². The van der Waals surface area contributed by atoms with E-state index in [0.717, 1.165) is 15.9 Å². The SMILES string of the molecule is Cc1nc(N)sc1SCc1cc(Br)cs1. The van der Waals surface area contributed by atoms with Gasteiger partial charge in [0.2, 0.25) is 0 Å². The molecule has 0 saturated heterocycles. The van der Waals surface area contributed by atoms with Crippen LogP contribution in [0, 0.1) is 6.92 Å². The third-order valence-corrected chi connectivity index (χ3v) is 6.02. The molecule has 0 spiro atoms. The van der Waals surface area contributed by atoms with E-state index in [4.69, 9.17) is 5.73 Å². The van der Waals surface area contributed by atoms with Crippen LogP contribution in [0.4, 0.5) is 5.13 Å². The minimum Gasteiger partial charge on any atom is -0.375 e. The van der Waals surface area contributed by atoms with E-state index in [0.29, 0.717) is 5.13 Å². The Morgan fingerprint density at radius 2 is 2.40 bits per heavy atom. The quantitative estimate of drug-likeness (QED) is 0.863. The van der Waals surface area contributed by atoms with Gasteiger partial charge >= 0.3 is 0 Å². The summed E-state index contributed by atoms with van der Waals surface area (Å²) in [5, 5.41) is 2.76. The molecule has 0 fully saturated rings. The molecule has 2 aromatic rings. The maximum absolute atomic E-state index is 5.64. The van der Waals surface area contributed by atoms with Crippen LogP contribution in [0.15, 0.2) is 20.1 Å². The molecule has 0 aliphatic carbocycles. The molecule has 2 aromatic heterocycles. The maximum atomic E-state index is 5.64. The Balaban J connectivity index is 2.01. The van der Waals surface area contributed by atoms with Gasteiger partial charge in [-0.1, -0.05) is 11.3 Å². The number of hydrogen-bond donors (Lipinski definition) is 1. The van der Waals surface area contributed by atoms with Crippen molar-refractivity contribution in [2.45, 2.75) is 16.9 Å². The Kier molecular flexibility index (Phi) is 3.71.